The lowest BCUT2D eigenvalue weighted by molar-refractivity contribution is -0.138. The van der Waals surface area contributed by atoms with Gasteiger partial charge in [0.2, 0.25) is 6.79 Å². The first-order valence-electron chi connectivity index (χ1n) is 7.05. The zero-order valence-corrected chi connectivity index (χ0v) is 12.7. The molecule has 0 saturated heterocycles. The minimum Gasteiger partial charge on any atom is -0.481 e. The van der Waals surface area contributed by atoms with E-state index in [9.17, 15) is 14.7 Å². The number of benzene rings is 1. The molecule has 4 rings (SSSR count). The van der Waals surface area contributed by atoms with Crippen LogP contribution in [0.4, 0.5) is 5.13 Å². The van der Waals surface area contributed by atoms with Gasteiger partial charge in [0.25, 0.3) is 5.91 Å². The van der Waals surface area contributed by atoms with Crippen molar-refractivity contribution < 1.29 is 24.2 Å². The lowest BCUT2D eigenvalue weighted by atomic mass is 10.1. The number of fused-ring (bicyclic) bond motifs is 2. The van der Waals surface area contributed by atoms with Crippen molar-refractivity contribution in [3.05, 3.63) is 34.3 Å². The number of carbonyl (C=O) groups is 2. The molecule has 2 aliphatic rings. The number of ether oxygens (including phenoxy) is 2. The van der Waals surface area contributed by atoms with E-state index in [0.717, 1.165) is 4.88 Å². The van der Waals surface area contributed by atoms with Gasteiger partial charge < -0.3 is 14.6 Å². The Hall–Kier alpha value is -2.61. The maximum absolute atomic E-state index is 12.3. The molecule has 8 heteroatoms. The number of rotatable bonds is 3. The minimum atomic E-state index is -0.873. The second-order valence-electron chi connectivity index (χ2n) is 5.28. The molecule has 7 nitrogen and oxygen atoms in total. The third-order valence-electron chi connectivity index (χ3n) is 3.87. The molecule has 0 saturated carbocycles. The third kappa shape index (κ3) is 2.40. The van der Waals surface area contributed by atoms with E-state index < -0.39 is 11.9 Å². The maximum atomic E-state index is 12.3. The SMILES string of the molecule is O=C(Nc1nc2c(s1)CC[C@H]2C(=O)O)c1ccc2c(c1)OCO2. The van der Waals surface area contributed by atoms with E-state index in [1.54, 1.807) is 18.2 Å². The van der Waals surface area contributed by atoms with E-state index in [0.29, 0.717) is 40.7 Å². The first-order valence-corrected chi connectivity index (χ1v) is 7.87. The fourth-order valence-electron chi connectivity index (χ4n) is 2.73. The lowest BCUT2D eigenvalue weighted by Gasteiger charge is -2.04. The van der Waals surface area contributed by atoms with E-state index in [4.69, 9.17) is 9.47 Å². The monoisotopic (exact) mass is 332 g/mol. The highest BCUT2D eigenvalue weighted by atomic mass is 32.1. The van der Waals surface area contributed by atoms with Crippen LogP contribution < -0.4 is 14.8 Å². The van der Waals surface area contributed by atoms with E-state index in [1.165, 1.54) is 11.3 Å². The first kappa shape index (κ1) is 14.0. The molecule has 1 aliphatic carbocycles. The summed E-state index contributed by atoms with van der Waals surface area (Å²) in [7, 11) is 0. The standard InChI is InChI=1S/C15H12N2O5S/c18-13(7-1-3-9-10(5-7)22-6-21-9)17-15-16-12-8(14(19)20)2-4-11(12)23-15/h1,3,5,8H,2,4,6H2,(H,19,20)(H,16,17,18)/t8-/m1/s1. The molecule has 1 atom stereocenters. The molecular weight excluding hydrogens is 320 g/mol. The van der Waals surface area contributed by atoms with E-state index in [2.05, 4.69) is 10.3 Å². The summed E-state index contributed by atoms with van der Waals surface area (Å²) in [6, 6.07) is 4.93. The van der Waals surface area contributed by atoms with Crippen LogP contribution in [0.5, 0.6) is 11.5 Å². The highest BCUT2D eigenvalue weighted by Crippen LogP contribution is 2.38. The molecule has 0 fully saturated rings. The summed E-state index contributed by atoms with van der Waals surface area (Å²) in [6.07, 6.45) is 1.25. The molecule has 2 N–H and O–H groups in total. The molecule has 0 bridgehead atoms. The predicted molar refractivity (Wildman–Crippen MR) is 81.3 cm³/mol. The average molecular weight is 332 g/mol. The number of carboxylic acid groups (broad SMARTS) is 1. The van der Waals surface area contributed by atoms with Gasteiger partial charge in [-0.05, 0) is 31.0 Å². The number of nitrogens with zero attached hydrogens (tertiary/aromatic N) is 1. The number of carboxylic acids is 1. The smallest absolute Gasteiger partial charge is 0.312 e. The number of nitrogens with one attached hydrogen (secondary N) is 1. The lowest BCUT2D eigenvalue weighted by Crippen LogP contribution is -2.13. The second-order valence-corrected chi connectivity index (χ2v) is 6.36. The summed E-state index contributed by atoms with van der Waals surface area (Å²) in [5, 5.41) is 12.3. The van der Waals surface area contributed by atoms with Crippen LogP contribution in [0.2, 0.25) is 0 Å². The number of thiazole rings is 1. The van der Waals surface area contributed by atoms with Gasteiger partial charge in [0.1, 0.15) is 5.92 Å². The molecule has 2 heterocycles. The summed E-state index contributed by atoms with van der Waals surface area (Å²) in [5.41, 5.74) is 1.00. The molecule has 2 aromatic rings. The number of amides is 1. The van der Waals surface area contributed by atoms with E-state index >= 15 is 0 Å². The van der Waals surface area contributed by atoms with Gasteiger partial charge in [-0.15, -0.1) is 11.3 Å². The molecule has 23 heavy (non-hydrogen) atoms. The van der Waals surface area contributed by atoms with Crippen LogP contribution in [-0.4, -0.2) is 28.8 Å². The van der Waals surface area contributed by atoms with E-state index in [1.807, 2.05) is 0 Å². The van der Waals surface area contributed by atoms with Crippen LogP contribution in [-0.2, 0) is 11.2 Å². The number of carbonyl (C=O) groups excluding carboxylic acids is 1. The summed E-state index contributed by atoms with van der Waals surface area (Å²) in [4.78, 5) is 28.7. The molecule has 118 valence electrons. The van der Waals surface area contributed by atoms with Gasteiger partial charge >= 0.3 is 5.97 Å². The summed E-state index contributed by atoms with van der Waals surface area (Å²) >= 11 is 1.33. The Labute approximate surface area is 134 Å². The molecule has 0 spiro atoms. The number of aryl methyl sites for hydroxylation is 1. The first-order chi connectivity index (χ1) is 11.1. The Balaban J connectivity index is 1.54. The summed E-state index contributed by atoms with van der Waals surface area (Å²) in [6.45, 7) is 0.149. The van der Waals surface area contributed by atoms with Gasteiger partial charge in [0, 0.05) is 10.4 Å². The van der Waals surface area contributed by atoms with Gasteiger partial charge in [-0.3, -0.25) is 14.9 Å². The number of anilines is 1. The molecule has 1 aromatic carbocycles. The normalized spacial score (nSPS) is 17.8. The Morgan fingerprint density at radius 2 is 2.13 bits per heavy atom. The van der Waals surface area contributed by atoms with Crippen molar-refractivity contribution in [1.82, 2.24) is 4.98 Å². The van der Waals surface area contributed by atoms with Crippen molar-refractivity contribution in [2.45, 2.75) is 18.8 Å². The Bertz CT molecular complexity index is 816. The Kier molecular flexibility index (Phi) is 3.19. The minimum absolute atomic E-state index is 0.149. The molecule has 1 amide bonds. The van der Waals surface area contributed by atoms with Gasteiger partial charge in [0.15, 0.2) is 16.6 Å². The van der Waals surface area contributed by atoms with Crippen LogP contribution in [0.1, 0.15) is 33.3 Å². The van der Waals surface area contributed by atoms with Crippen molar-refractivity contribution in [3.63, 3.8) is 0 Å². The van der Waals surface area contributed by atoms with E-state index in [-0.39, 0.29) is 12.7 Å². The third-order valence-corrected chi connectivity index (χ3v) is 4.92. The van der Waals surface area contributed by atoms with Crippen molar-refractivity contribution in [1.29, 1.82) is 0 Å². The van der Waals surface area contributed by atoms with Crippen molar-refractivity contribution in [3.8, 4) is 11.5 Å². The highest BCUT2D eigenvalue weighted by Gasteiger charge is 2.32. The Morgan fingerprint density at radius 3 is 2.96 bits per heavy atom. The molecule has 1 aromatic heterocycles. The van der Waals surface area contributed by atoms with Crippen LogP contribution in [0, 0.1) is 0 Å². The molecule has 0 radical (unpaired) electrons. The van der Waals surface area contributed by atoms with Gasteiger partial charge in [-0.2, -0.15) is 0 Å². The second kappa shape index (κ2) is 5.24. The van der Waals surface area contributed by atoms with Crippen molar-refractivity contribution in [2.75, 3.05) is 12.1 Å². The average Bonchev–Trinajstić information content (AvgIpc) is 3.20. The molecular formula is C15H12N2O5S. The number of hydrogen-bond donors (Lipinski definition) is 2. The van der Waals surface area contributed by atoms with Crippen LogP contribution in [0.25, 0.3) is 0 Å². The van der Waals surface area contributed by atoms with Gasteiger partial charge in [0.05, 0.1) is 5.69 Å². The molecule has 0 unspecified atom stereocenters. The number of hydrogen-bond acceptors (Lipinski definition) is 6. The van der Waals surface area contributed by atoms with Gasteiger partial charge in [-0.25, -0.2) is 4.98 Å². The number of aliphatic carboxylic acids is 1. The highest BCUT2D eigenvalue weighted by molar-refractivity contribution is 7.16. The van der Waals surface area contributed by atoms with Gasteiger partial charge in [-0.1, -0.05) is 0 Å². The van der Waals surface area contributed by atoms with Crippen LogP contribution in [0.3, 0.4) is 0 Å². The van der Waals surface area contributed by atoms with Crippen molar-refractivity contribution in [2.24, 2.45) is 0 Å². The quantitative estimate of drug-likeness (QED) is 0.894. The summed E-state index contributed by atoms with van der Waals surface area (Å²) < 4.78 is 10.5. The Morgan fingerprint density at radius 1 is 1.30 bits per heavy atom. The van der Waals surface area contributed by atoms with Crippen LogP contribution in [0.15, 0.2) is 18.2 Å². The molecule has 1 aliphatic heterocycles. The number of aromatic nitrogens is 1. The maximum Gasteiger partial charge on any atom is 0.312 e. The fourth-order valence-corrected chi connectivity index (χ4v) is 3.76. The predicted octanol–water partition coefficient (Wildman–Crippen LogP) is 2.24. The van der Waals surface area contributed by atoms with Crippen LogP contribution >= 0.6 is 11.3 Å². The zero-order valence-electron chi connectivity index (χ0n) is 11.9. The zero-order chi connectivity index (χ0) is 16.0. The van der Waals surface area contributed by atoms with Crippen molar-refractivity contribution >= 4 is 28.3 Å². The topological polar surface area (TPSA) is 97.8 Å². The largest absolute Gasteiger partial charge is 0.481 e. The summed E-state index contributed by atoms with van der Waals surface area (Å²) in [5.74, 6) is -0.618. The fraction of sp³-hybridized carbons (Fsp3) is 0.267.